The van der Waals surface area contributed by atoms with Gasteiger partial charge in [0.2, 0.25) is 5.91 Å². The highest BCUT2D eigenvalue weighted by Gasteiger charge is 2.41. The van der Waals surface area contributed by atoms with Crippen LogP contribution in [0.25, 0.3) is 0 Å². The molecule has 0 unspecified atom stereocenters. The molecular weight excluding hydrogens is 238 g/mol. The fraction of sp³-hybridized carbons (Fsp3) is 0.867. The van der Waals surface area contributed by atoms with E-state index < -0.39 is 0 Å². The summed E-state index contributed by atoms with van der Waals surface area (Å²) in [4.78, 5) is 14.4. The van der Waals surface area contributed by atoms with Gasteiger partial charge in [0, 0.05) is 12.6 Å². The van der Waals surface area contributed by atoms with E-state index in [9.17, 15) is 4.79 Å². The number of hydrogen-bond donors (Lipinski definition) is 1. The van der Waals surface area contributed by atoms with Crippen molar-refractivity contribution in [2.45, 2.75) is 69.5 Å². The average Bonchev–Trinajstić information content (AvgIpc) is 3.00. The zero-order valence-electron chi connectivity index (χ0n) is 11.5. The summed E-state index contributed by atoms with van der Waals surface area (Å²) in [5.41, 5.74) is 0. The molecule has 4 atom stereocenters. The van der Waals surface area contributed by atoms with E-state index in [-0.39, 0.29) is 18.0 Å². The first-order chi connectivity index (χ1) is 9.29. The van der Waals surface area contributed by atoms with Crippen LogP contribution in [-0.4, -0.2) is 35.5 Å². The lowest BCUT2D eigenvalue weighted by Crippen LogP contribution is -2.46. The molecule has 1 saturated carbocycles. The lowest BCUT2D eigenvalue weighted by molar-refractivity contribution is -0.133. The molecule has 0 aromatic heterocycles. The molecule has 3 fully saturated rings. The van der Waals surface area contributed by atoms with Crippen LogP contribution >= 0.6 is 0 Å². The Balaban J connectivity index is 1.64. The number of likely N-dealkylation sites (tertiary alicyclic amines) is 1. The standard InChI is InChI=1S/C15H23N3O/c16-10-12-6-4-8-18(12)15(19)14-9-11-5-2-1-3-7-13(11)17-14/h11-14,17H,1-9H2/t11-,12-,13+,14-/m0/s1. The van der Waals surface area contributed by atoms with E-state index in [1.807, 2.05) is 4.90 Å². The molecule has 1 aliphatic carbocycles. The number of nitriles is 1. The van der Waals surface area contributed by atoms with Crippen molar-refractivity contribution in [2.24, 2.45) is 5.92 Å². The average molecular weight is 261 g/mol. The van der Waals surface area contributed by atoms with Gasteiger partial charge in [-0.25, -0.2) is 0 Å². The second kappa shape index (κ2) is 5.50. The van der Waals surface area contributed by atoms with Crippen molar-refractivity contribution in [2.75, 3.05) is 6.54 Å². The fourth-order valence-electron chi connectivity index (χ4n) is 4.05. The molecule has 3 rings (SSSR count). The number of carbonyl (C=O) groups excluding carboxylic acids is 1. The van der Waals surface area contributed by atoms with E-state index in [1.165, 1.54) is 32.1 Å². The second-order valence-corrected chi connectivity index (χ2v) is 6.28. The Kier molecular flexibility index (Phi) is 3.74. The molecule has 2 saturated heterocycles. The number of rotatable bonds is 1. The summed E-state index contributed by atoms with van der Waals surface area (Å²) in [5.74, 6) is 0.858. The molecule has 19 heavy (non-hydrogen) atoms. The van der Waals surface area contributed by atoms with Crippen LogP contribution in [0.3, 0.4) is 0 Å². The first-order valence-electron chi connectivity index (χ1n) is 7.76. The second-order valence-electron chi connectivity index (χ2n) is 6.28. The van der Waals surface area contributed by atoms with Crippen LogP contribution in [0.2, 0.25) is 0 Å². The molecule has 0 aromatic carbocycles. The summed E-state index contributed by atoms with van der Waals surface area (Å²) in [6, 6.07) is 2.60. The molecular formula is C15H23N3O. The largest absolute Gasteiger partial charge is 0.325 e. The van der Waals surface area contributed by atoms with E-state index in [4.69, 9.17) is 5.26 Å². The van der Waals surface area contributed by atoms with E-state index in [0.29, 0.717) is 12.0 Å². The summed E-state index contributed by atoms with van der Waals surface area (Å²) in [6.07, 6.45) is 9.24. The van der Waals surface area contributed by atoms with Crippen LogP contribution in [-0.2, 0) is 4.79 Å². The van der Waals surface area contributed by atoms with Crippen LogP contribution < -0.4 is 5.32 Å². The smallest absolute Gasteiger partial charge is 0.240 e. The number of hydrogen-bond acceptors (Lipinski definition) is 3. The van der Waals surface area contributed by atoms with Crippen LogP contribution in [0.1, 0.15) is 51.4 Å². The van der Waals surface area contributed by atoms with Gasteiger partial charge >= 0.3 is 0 Å². The van der Waals surface area contributed by atoms with Gasteiger partial charge in [-0.1, -0.05) is 19.3 Å². The maximum atomic E-state index is 12.6. The molecule has 1 N–H and O–H groups in total. The molecule has 1 amide bonds. The Morgan fingerprint density at radius 1 is 1.16 bits per heavy atom. The predicted molar refractivity (Wildman–Crippen MR) is 72.3 cm³/mol. The van der Waals surface area contributed by atoms with Crippen molar-refractivity contribution in [3.05, 3.63) is 0 Å². The van der Waals surface area contributed by atoms with Crippen LogP contribution in [0.4, 0.5) is 0 Å². The molecule has 4 nitrogen and oxygen atoms in total. The van der Waals surface area contributed by atoms with Gasteiger partial charge in [0.1, 0.15) is 6.04 Å². The molecule has 104 valence electrons. The van der Waals surface area contributed by atoms with Crippen molar-refractivity contribution in [1.29, 1.82) is 5.26 Å². The summed E-state index contributed by atoms with van der Waals surface area (Å²) in [5, 5.41) is 12.7. The monoisotopic (exact) mass is 261 g/mol. The number of nitrogens with zero attached hydrogens (tertiary/aromatic N) is 2. The Bertz CT molecular complexity index is 375. The van der Waals surface area contributed by atoms with E-state index in [2.05, 4.69) is 11.4 Å². The molecule has 0 bridgehead atoms. The maximum Gasteiger partial charge on any atom is 0.240 e. The van der Waals surface area contributed by atoms with Gasteiger partial charge in [-0.15, -0.1) is 0 Å². The van der Waals surface area contributed by atoms with Gasteiger partial charge in [0.15, 0.2) is 0 Å². The zero-order chi connectivity index (χ0) is 13.2. The highest BCUT2D eigenvalue weighted by Crippen LogP contribution is 2.33. The van der Waals surface area contributed by atoms with Crippen molar-refractivity contribution in [3.63, 3.8) is 0 Å². The fourth-order valence-corrected chi connectivity index (χ4v) is 4.05. The number of fused-ring (bicyclic) bond motifs is 1. The minimum absolute atomic E-state index is 0.0259. The van der Waals surface area contributed by atoms with Crippen molar-refractivity contribution in [3.8, 4) is 6.07 Å². The number of carbonyl (C=O) groups is 1. The van der Waals surface area contributed by atoms with Crippen LogP contribution in [0.5, 0.6) is 0 Å². The maximum absolute atomic E-state index is 12.6. The summed E-state index contributed by atoms with van der Waals surface area (Å²) in [6.45, 7) is 0.768. The third-order valence-electron chi connectivity index (χ3n) is 5.10. The number of nitrogens with one attached hydrogen (secondary N) is 1. The van der Waals surface area contributed by atoms with E-state index >= 15 is 0 Å². The summed E-state index contributed by atoms with van der Waals surface area (Å²) < 4.78 is 0. The summed E-state index contributed by atoms with van der Waals surface area (Å²) in [7, 11) is 0. The molecule has 2 aliphatic heterocycles. The molecule has 3 aliphatic rings. The van der Waals surface area contributed by atoms with Crippen LogP contribution in [0.15, 0.2) is 0 Å². The lowest BCUT2D eigenvalue weighted by atomic mass is 9.94. The SMILES string of the molecule is N#C[C@@H]1CCCN1C(=O)[C@@H]1C[C@@H]2CCCCC[C@H]2N1. The Labute approximate surface area is 115 Å². The van der Waals surface area contributed by atoms with Crippen LogP contribution in [0, 0.1) is 17.2 Å². The van der Waals surface area contributed by atoms with Gasteiger partial charge in [-0.05, 0) is 38.0 Å². The van der Waals surface area contributed by atoms with Crippen molar-refractivity contribution in [1.82, 2.24) is 10.2 Å². The number of amides is 1. The Morgan fingerprint density at radius 2 is 2.00 bits per heavy atom. The summed E-state index contributed by atoms with van der Waals surface area (Å²) >= 11 is 0. The molecule has 4 heteroatoms. The van der Waals surface area contributed by atoms with Gasteiger partial charge in [0.05, 0.1) is 12.1 Å². The first kappa shape index (κ1) is 12.9. The normalized spacial score (nSPS) is 38.6. The molecule has 0 radical (unpaired) electrons. The molecule has 0 spiro atoms. The van der Waals surface area contributed by atoms with Crippen molar-refractivity contribution < 1.29 is 4.79 Å². The van der Waals surface area contributed by atoms with Gasteiger partial charge in [-0.2, -0.15) is 5.26 Å². The zero-order valence-corrected chi connectivity index (χ0v) is 11.5. The van der Waals surface area contributed by atoms with Gasteiger partial charge in [0.25, 0.3) is 0 Å². The minimum atomic E-state index is -0.181. The third-order valence-corrected chi connectivity index (χ3v) is 5.10. The predicted octanol–water partition coefficient (Wildman–Crippen LogP) is 1.81. The highest BCUT2D eigenvalue weighted by atomic mass is 16.2. The third kappa shape index (κ3) is 2.49. The van der Waals surface area contributed by atoms with Crippen molar-refractivity contribution >= 4 is 5.91 Å². The first-order valence-corrected chi connectivity index (χ1v) is 7.76. The lowest BCUT2D eigenvalue weighted by Gasteiger charge is -2.23. The Hall–Kier alpha value is -1.08. The highest BCUT2D eigenvalue weighted by molar-refractivity contribution is 5.83. The van der Waals surface area contributed by atoms with E-state index in [0.717, 1.165) is 25.8 Å². The molecule has 0 aromatic rings. The topological polar surface area (TPSA) is 56.1 Å². The van der Waals surface area contributed by atoms with Gasteiger partial charge in [-0.3, -0.25) is 4.79 Å². The molecule has 2 heterocycles. The van der Waals surface area contributed by atoms with Gasteiger partial charge < -0.3 is 10.2 Å². The van der Waals surface area contributed by atoms with E-state index in [1.54, 1.807) is 0 Å². The minimum Gasteiger partial charge on any atom is -0.325 e. The Morgan fingerprint density at radius 3 is 2.84 bits per heavy atom. The quantitative estimate of drug-likeness (QED) is 0.783.